The van der Waals surface area contributed by atoms with Crippen LogP contribution in [0.2, 0.25) is 0 Å². The third-order valence-corrected chi connectivity index (χ3v) is 9.62. The van der Waals surface area contributed by atoms with E-state index in [9.17, 15) is 0 Å². The molecule has 2 nitrogen and oxygen atoms in total. The van der Waals surface area contributed by atoms with E-state index in [1.54, 1.807) is 0 Å². The Balaban J connectivity index is 0.000000591. The summed E-state index contributed by atoms with van der Waals surface area (Å²) in [5, 5.41) is 13.1. The Hall–Kier alpha value is -2.56. The fourth-order valence-corrected chi connectivity index (χ4v) is 8.52. The molecule has 0 atom stereocenters. The number of carbonyl (C=O) groups is 1. The van der Waals surface area contributed by atoms with Gasteiger partial charge in [-0.1, -0.05) is 0 Å². The number of carboxylic acids is 1. The fraction of sp³-hybridized carbons (Fsp3) is 0.0385. The molecule has 156 valence electrons. The molecule has 0 radical (unpaired) electrons. The fourth-order valence-electron chi connectivity index (χ4n) is 3.75. The van der Waals surface area contributed by atoms with Gasteiger partial charge in [0, 0.05) is 27.3 Å². The quantitative estimate of drug-likeness (QED) is 0.334. The molecule has 0 spiro atoms. The summed E-state index contributed by atoms with van der Waals surface area (Å²) in [6.07, 6.45) is 0. The van der Waals surface area contributed by atoms with Crippen molar-refractivity contribution in [2.24, 2.45) is 0 Å². The van der Waals surface area contributed by atoms with E-state index in [0.717, 1.165) is 6.92 Å². The van der Waals surface area contributed by atoms with Gasteiger partial charge < -0.3 is 5.11 Å². The maximum atomic E-state index is 9.00. The summed E-state index contributed by atoms with van der Waals surface area (Å²) in [5.41, 5.74) is 0. The molecule has 0 aliphatic carbocycles. The van der Waals surface area contributed by atoms with E-state index in [2.05, 4.69) is 121 Å². The zero-order valence-electron chi connectivity index (χ0n) is 16.7. The molecule has 0 fully saturated rings. The van der Waals surface area contributed by atoms with Crippen LogP contribution in [0.5, 0.6) is 0 Å². The minimum absolute atomic E-state index is 0. The summed E-state index contributed by atoms with van der Waals surface area (Å²) in [4.78, 5) is 9.00. The Bertz CT molecular complexity index is 856. The van der Waals surface area contributed by atoms with Gasteiger partial charge in [0.25, 0.3) is 5.97 Å². The number of hydrogen-bond donors (Lipinski definition) is 1. The maximum absolute atomic E-state index is 9.00. The van der Waals surface area contributed by atoms with Crippen molar-refractivity contribution >= 4 is 34.4 Å². The Morgan fingerprint density at radius 2 is 0.700 bits per heavy atom. The van der Waals surface area contributed by atoms with E-state index in [1.165, 1.54) is 21.2 Å². The monoisotopic (exact) mass is 506 g/mol. The molecule has 4 rings (SSSR count). The van der Waals surface area contributed by atoms with Crippen molar-refractivity contribution in [3.63, 3.8) is 0 Å². The van der Waals surface area contributed by atoms with E-state index in [0.29, 0.717) is 0 Å². The first-order valence-corrected chi connectivity index (χ1v) is 11.6. The van der Waals surface area contributed by atoms with Crippen LogP contribution in [0, 0.1) is 0 Å². The van der Waals surface area contributed by atoms with Gasteiger partial charge in [0.15, 0.2) is 0 Å². The topological polar surface area (TPSA) is 37.3 Å². The second kappa shape index (κ2) is 11.6. The zero-order chi connectivity index (χ0) is 20.5. The third kappa shape index (κ3) is 5.32. The van der Waals surface area contributed by atoms with Crippen LogP contribution in [-0.2, 0) is 25.2 Å². The average Bonchev–Trinajstić information content (AvgIpc) is 2.77. The molecule has 4 heteroatoms. The van der Waals surface area contributed by atoms with Crippen LogP contribution in [-0.4, -0.2) is 11.1 Å². The number of aliphatic carboxylic acids is 1. The first kappa shape index (κ1) is 23.7. The van der Waals surface area contributed by atoms with Gasteiger partial charge in [0.1, 0.15) is 0 Å². The minimum atomic E-state index is -2.30. The Kier molecular flexibility index (Phi) is 9.16. The van der Waals surface area contributed by atoms with Crippen LogP contribution in [0.1, 0.15) is 6.92 Å². The van der Waals surface area contributed by atoms with Crippen molar-refractivity contribution in [3.05, 3.63) is 121 Å². The Labute approximate surface area is 192 Å². The van der Waals surface area contributed by atoms with Crippen LogP contribution >= 0.6 is 7.26 Å². The van der Waals surface area contributed by atoms with Crippen LogP contribution in [0.4, 0.5) is 0 Å². The van der Waals surface area contributed by atoms with Gasteiger partial charge in [-0.3, -0.25) is 4.79 Å². The molecule has 4 aromatic rings. The molecule has 0 heterocycles. The summed E-state index contributed by atoms with van der Waals surface area (Å²) in [6.45, 7) is 1.08. The summed E-state index contributed by atoms with van der Waals surface area (Å²) in [6, 6.07) is 44.0. The molecular weight excluding hydrogens is 482 g/mol. The molecular formula is C26H25O2PPd. The van der Waals surface area contributed by atoms with Gasteiger partial charge >= 0.3 is 150 Å². The zero-order valence-corrected chi connectivity index (χ0v) is 19.3. The van der Waals surface area contributed by atoms with Gasteiger partial charge in [-0.15, -0.1) is 0 Å². The number of rotatable bonds is 4. The molecule has 4 aromatic carbocycles. The molecule has 0 saturated carbocycles. The molecule has 0 aliphatic heterocycles. The van der Waals surface area contributed by atoms with Crippen LogP contribution in [0.25, 0.3) is 0 Å². The summed E-state index contributed by atoms with van der Waals surface area (Å²) in [7, 11) is -2.30. The normalized spacial score (nSPS) is 10.7. The second-order valence-electron chi connectivity index (χ2n) is 6.73. The van der Waals surface area contributed by atoms with Crippen molar-refractivity contribution in [3.8, 4) is 0 Å². The summed E-state index contributed by atoms with van der Waals surface area (Å²) < 4.78 is 0. The van der Waals surface area contributed by atoms with E-state index >= 15 is 0 Å². The Morgan fingerprint density at radius 1 is 0.533 bits per heavy atom. The second-order valence-corrected chi connectivity index (χ2v) is 10.5. The summed E-state index contributed by atoms with van der Waals surface area (Å²) >= 11 is 0. The van der Waals surface area contributed by atoms with Crippen molar-refractivity contribution in [1.29, 1.82) is 0 Å². The number of carboxylic acid groups (broad SMARTS) is 1. The molecule has 0 aromatic heterocycles. The van der Waals surface area contributed by atoms with Crippen LogP contribution in [0.15, 0.2) is 121 Å². The molecule has 1 N–H and O–H groups in total. The average molecular weight is 507 g/mol. The van der Waals surface area contributed by atoms with Crippen molar-refractivity contribution in [2.45, 2.75) is 6.92 Å². The van der Waals surface area contributed by atoms with Crippen LogP contribution < -0.4 is 21.2 Å². The molecule has 0 amide bonds. The molecule has 0 unspecified atom stereocenters. The van der Waals surface area contributed by atoms with Gasteiger partial charge in [-0.2, -0.15) is 0 Å². The SMILES string of the molecule is CC(=O)O.[Pd].c1ccc([PH](c2ccccc2)(c2ccccc2)c2ccccc2)cc1. The van der Waals surface area contributed by atoms with E-state index in [1.807, 2.05) is 0 Å². The van der Waals surface area contributed by atoms with E-state index < -0.39 is 13.2 Å². The first-order chi connectivity index (χ1) is 14.2. The van der Waals surface area contributed by atoms with Crippen LogP contribution in [0.3, 0.4) is 0 Å². The standard InChI is InChI=1S/C24H21P.C2H4O2.Pd/c1-5-13-21(14-6-1)25(22-15-7-2-8-16-22,23-17-9-3-10-18-23)24-19-11-4-12-20-24;1-2(3)4;/h1-20,25H;1H3,(H,3,4);. The summed E-state index contributed by atoms with van der Waals surface area (Å²) in [5.74, 6) is -0.833. The third-order valence-electron chi connectivity index (χ3n) is 4.83. The molecule has 0 bridgehead atoms. The van der Waals surface area contributed by atoms with Crippen molar-refractivity contribution < 1.29 is 30.3 Å². The van der Waals surface area contributed by atoms with E-state index in [4.69, 9.17) is 9.90 Å². The van der Waals surface area contributed by atoms with Crippen molar-refractivity contribution in [2.75, 3.05) is 0 Å². The van der Waals surface area contributed by atoms with Gasteiger partial charge in [-0.25, -0.2) is 0 Å². The van der Waals surface area contributed by atoms with Gasteiger partial charge in [0.2, 0.25) is 0 Å². The molecule has 0 saturated heterocycles. The number of hydrogen-bond acceptors (Lipinski definition) is 1. The Morgan fingerprint density at radius 3 is 0.867 bits per heavy atom. The van der Waals surface area contributed by atoms with Crippen molar-refractivity contribution in [1.82, 2.24) is 0 Å². The van der Waals surface area contributed by atoms with E-state index in [-0.39, 0.29) is 20.4 Å². The predicted molar refractivity (Wildman–Crippen MR) is 126 cm³/mol. The van der Waals surface area contributed by atoms with Gasteiger partial charge in [0.05, 0.1) is 0 Å². The number of benzene rings is 4. The predicted octanol–water partition coefficient (Wildman–Crippen LogP) is 4.13. The molecule has 0 aliphatic rings. The van der Waals surface area contributed by atoms with Gasteiger partial charge in [-0.05, 0) is 0 Å². The first-order valence-electron chi connectivity index (χ1n) is 9.57. The molecule has 30 heavy (non-hydrogen) atoms.